The van der Waals surface area contributed by atoms with E-state index in [1.54, 1.807) is 77.3 Å². The molecule has 2 aromatic carbocycles. The number of alkyl carbamates (subject to hydrolysis) is 1. The highest BCUT2D eigenvalue weighted by Gasteiger charge is 2.23. The Bertz CT molecular complexity index is 951. The van der Waals surface area contributed by atoms with Gasteiger partial charge in [-0.15, -0.1) is 0 Å². The van der Waals surface area contributed by atoms with E-state index in [9.17, 15) is 14.4 Å². The molecule has 2 rings (SSSR count). The molecule has 31 heavy (non-hydrogen) atoms. The number of carbonyl (C=O) groups is 3. The number of rotatable bonds is 7. The van der Waals surface area contributed by atoms with Crippen molar-refractivity contribution in [1.29, 1.82) is 0 Å². The van der Waals surface area contributed by atoms with Gasteiger partial charge in [0, 0.05) is 12.1 Å². The first-order valence-corrected chi connectivity index (χ1v) is 10.1. The van der Waals surface area contributed by atoms with E-state index in [0.29, 0.717) is 17.0 Å². The van der Waals surface area contributed by atoms with Crippen molar-refractivity contribution in [2.24, 2.45) is 0 Å². The summed E-state index contributed by atoms with van der Waals surface area (Å²) in [5.74, 6) is -0.0635. The number of ether oxygens (including phenoxy) is 2. The number of amides is 2. The number of benzene rings is 2. The molecule has 2 aromatic rings. The van der Waals surface area contributed by atoms with Crippen LogP contribution in [0.4, 0.5) is 10.5 Å². The normalized spacial score (nSPS) is 11.9. The van der Waals surface area contributed by atoms with Crippen molar-refractivity contribution in [2.45, 2.75) is 45.8 Å². The largest absolute Gasteiger partial charge is 0.497 e. The smallest absolute Gasteiger partial charge is 0.408 e. The van der Waals surface area contributed by atoms with Crippen molar-refractivity contribution in [1.82, 2.24) is 5.32 Å². The zero-order valence-electron chi connectivity index (χ0n) is 18.2. The van der Waals surface area contributed by atoms with Gasteiger partial charge in [-0.2, -0.15) is 0 Å². The van der Waals surface area contributed by atoms with E-state index in [1.807, 2.05) is 0 Å². The van der Waals surface area contributed by atoms with Gasteiger partial charge in [-0.1, -0.05) is 23.7 Å². The molecule has 0 bridgehead atoms. The van der Waals surface area contributed by atoms with Gasteiger partial charge in [0.15, 0.2) is 5.78 Å². The summed E-state index contributed by atoms with van der Waals surface area (Å²) in [6.45, 7) is 6.77. The predicted octanol–water partition coefficient (Wildman–Crippen LogP) is 4.63. The van der Waals surface area contributed by atoms with E-state index >= 15 is 0 Å². The molecule has 166 valence electrons. The molecule has 0 aliphatic carbocycles. The van der Waals surface area contributed by atoms with Crippen LogP contribution < -0.4 is 15.4 Å². The van der Waals surface area contributed by atoms with Gasteiger partial charge in [0.05, 0.1) is 23.7 Å². The summed E-state index contributed by atoms with van der Waals surface area (Å²) in [4.78, 5) is 37.5. The molecule has 0 saturated heterocycles. The summed E-state index contributed by atoms with van der Waals surface area (Å²) in [6, 6.07) is 10.9. The minimum atomic E-state index is -0.800. The van der Waals surface area contributed by atoms with Crippen LogP contribution in [0.5, 0.6) is 5.75 Å². The van der Waals surface area contributed by atoms with E-state index in [-0.39, 0.29) is 22.8 Å². The number of halogens is 1. The van der Waals surface area contributed by atoms with Gasteiger partial charge in [-0.25, -0.2) is 4.79 Å². The van der Waals surface area contributed by atoms with E-state index < -0.39 is 23.6 Å². The lowest BCUT2D eigenvalue weighted by Crippen LogP contribution is -2.42. The van der Waals surface area contributed by atoms with Gasteiger partial charge in [-0.05, 0) is 63.6 Å². The summed E-state index contributed by atoms with van der Waals surface area (Å²) in [7, 11) is 1.55. The number of hydrogen-bond acceptors (Lipinski definition) is 5. The molecule has 7 nitrogen and oxygen atoms in total. The number of anilines is 1. The SMILES string of the molecule is COc1ccc(NC(=O)c2c(Cl)cccc2CC(=O)C(C)NC(=O)OC(C)(C)C)cc1. The van der Waals surface area contributed by atoms with Crippen LogP contribution in [0.2, 0.25) is 5.02 Å². The van der Waals surface area contributed by atoms with Crippen LogP contribution in [0.25, 0.3) is 0 Å². The molecule has 0 aromatic heterocycles. The molecule has 0 saturated carbocycles. The summed E-state index contributed by atoms with van der Waals surface area (Å²) < 4.78 is 10.3. The van der Waals surface area contributed by atoms with Gasteiger partial charge in [0.1, 0.15) is 11.4 Å². The van der Waals surface area contributed by atoms with Gasteiger partial charge < -0.3 is 20.1 Å². The zero-order valence-corrected chi connectivity index (χ0v) is 19.0. The maximum absolute atomic E-state index is 12.9. The topological polar surface area (TPSA) is 93.7 Å². The molecule has 0 heterocycles. The summed E-state index contributed by atoms with van der Waals surface area (Å²) in [5.41, 5.74) is 0.550. The lowest BCUT2D eigenvalue weighted by Gasteiger charge is -2.21. The lowest BCUT2D eigenvalue weighted by molar-refractivity contribution is -0.120. The standard InChI is InChI=1S/C23H27ClN2O5/c1-14(25-22(29)31-23(2,3)4)19(27)13-15-7-6-8-18(24)20(15)21(28)26-16-9-11-17(30-5)12-10-16/h6-12,14H,13H2,1-5H3,(H,25,29)(H,26,28). The third-order valence-electron chi connectivity index (χ3n) is 4.26. The molecule has 1 atom stereocenters. The quantitative estimate of drug-likeness (QED) is 0.646. The van der Waals surface area contributed by atoms with Gasteiger partial charge in [0.25, 0.3) is 5.91 Å². The fraction of sp³-hybridized carbons (Fsp3) is 0.348. The Kier molecular flexibility index (Phi) is 8.05. The Morgan fingerprint density at radius 1 is 1.06 bits per heavy atom. The second kappa shape index (κ2) is 10.3. The number of methoxy groups -OCH3 is 1. The molecule has 0 aliphatic rings. The van der Waals surface area contributed by atoms with Gasteiger partial charge in [0.2, 0.25) is 0 Å². The predicted molar refractivity (Wildman–Crippen MR) is 120 cm³/mol. The van der Waals surface area contributed by atoms with Crippen molar-refractivity contribution in [3.63, 3.8) is 0 Å². The molecule has 0 spiro atoms. The van der Waals surface area contributed by atoms with Crippen molar-refractivity contribution in [3.05, 3.63) is 58.6 Å². The molecule has 0 fully saturated rings. The monoisotopic (exact) mass is 446 g/mol. The number of Topliss-reactive ketones (excluding diaryl/α,β-unsaturated/α-hetero) is 1. The zero-order chi connectivity index (χ0) is 23.2. The van der Waals surface area contributed by atoms with E-state index in [4.69, 9.17) is 21.1 Å². The third kappa shape index (κ3) is 7.29. The number of hydrogen-bond donors (Lipinski definition) is 2. The second-order valence-electron chi connectivity index (χ2n) is 7.97. The Labute approximate surface area is 187 Å². The van der Waals surface area contributed by atoms with Crippen LogP contribution >= 0.6 is 11.6 Å². The van der Waals surface area contributed by atoms with Crippen LogP contribution in [0, 0.1) is 0 Å². The van der Waals surface area contributed by atoms with E-state index in [0.717, 1.165) is 0 Å². The van der Waals surface area contributed by atoms with Crippen LogP contribution in [0.1, 0.15) is 43.6 Å². The minimum absolute atomic E-state index is 0.0805. The maximum Gasteiger partial charge on any atom is 0.408 e. The Morgan fingerprint density at radius 2 is 1.71 bits per heavy atom. The first kappa shape index (κ1) is 24.2. The molecule has 0 aliphatic heterocycles. The lowest BCUT2D eigenvalue weighted by atomic mass is 9.99. The summed E-state index contributed by atoms with van der Waals surface area (Å²) >= 11 is 6.28. The van der Waals surface area contributed by atoms with E-state index in [1.165, 1.54) is 0 Å². The first-order chi connectivity index (χ1) is 14.5. The van der Waals surface area contributed by atoms with Crippen LogP contribution in [-0.2, 0) is 16.0 Å². The van der Waals surface area contributed by atoms with Crippen molar-refractivity contribution < 1.29 is 23.9 Å². The molecule has 0 radical (unpaired) electrons. The number of carbonyl (C=O) groups excluding carboxylic acids is 3. The molecular formula is C23H27ClN2O5. The van der Waals surface area contributed by atoms with Crippen LogP contribution in [0.15, 0.2) is 42.5 Å². The Balaban J connectivity index is 2.13. The fourth-order valence-electron chi connectivity index (χ4n) is 2.74. The maximum atomic E-state index is 12.9. The Hall–Kier alpha value is -3.06. The highest BCUT2D eigenvalue weighted by atomic mass is 35.5. The molecule has 8 heteroatoms. The number of ketones is 1. The average molecular weight is 447 g/mol. The van der Waals surface area contributed by atoms with Crippen molar-refractivity contribution in [2.75, 3.05) is 12.4 Å². The minimum Gasteiger partial charge on any atom is -0.497 e. The third-order valence-corrected chi connectivity index (χ3v) is 4.57. The molecule has 1 unspecified atom stereocenters. The Morgan fingerprint density at radius 3 is 2.29 bits per heavy atom. The summed E-state index contributed by atoms with van der Waals surface area (Å²) in [5, 5.41) is 5.51. The van der Waals surface area contributed by atoms with Crippen molar-refractivity contribution >= 4 is 35.1 Å². The number of nitrogens with one attached hydrogen (secondary N) is 2. The van der Waals surface area contributed by atoms with Gasteiger partial charge in [-0.3, -0.25) is 9.59 Å². The average Bonchev–Trinajstić information content (AvgIpc) is 2.67. The molecular weight excluding hydrogens is 420 g/mol. The second-order valence-corrected chi connectivity index (χ2v) is 8.37. The highest BCUT2D eigenvalue weighted by molar-refractivity contribution is 6.34. The van der Waals surface area contributed by atoms with Crippen molar-refractivity contribution in [3.8, 4) is 5.75 Å². The fourth-order valence-corrected chi connectivity index (χ4v) is 3.02. The van der Waals surface area contributed by atoms with Gasteiger partial charge >= 0.3 is 6.09 Å². The molecule has 2 N–H and O–H groups in total. The highest BCUT2D eigenvalue weighted by Crippen LogP contribution is 2.23. The van der Waals surface area contributed by atoms with Crippen LogP contribution in [-0.4, -0.2) is 36.5 Å². The van der Waals surface area contributed by atoms with E-state index in [2.05, 4.69) is 10.6 Å². The summed E-state index contributed by atoms with van der Waals surface area (Å²) in [6.07, 6.45) is -0.764. The first-order valence-electron chi connectivity index (χ1n) is 9.75. The van der Waals surface area contributed by atoms with Crippen LogP contribution in [0.3, 0.4) is 0 Å². The molecule has 2 amide bonds.